The van der Waals surface area contributed by atoms with Crippen LogP contribution < -0.4 is 9.47 Å². The van der Waals surface area contributed by atoms with Crippen molar-refractivity contribution in [2.75, 3.05) is 0 Å². The summed E-state index contributed by atoms with van der Waals surface area (Å²) in [5.74, 6) is 3.29. The fraction of sp³-hybridized carbons (Fsp3) is 0.0222. The zero-order valence-corrected chi connectivity index (χ0v) is 26.4. The lowest BCUT2D eigenvalue weighted by molar-refractivity contribution is 0.359. The summed E-state index contributed by atoms with van der Waals surface area (Å²) in [5.41, 5.74) is 10.3. The van der Waals surface area contributed by atoms with Gasteiger partial charge in [-0.3, -0.25) is 0 Å². The first-order valence-corrected chi connectivity index (χ1v) is 16.5. The first kappa shape index (κ1) is 27.6. The van der Waals surface area contributed by atoms with Crippen molar-refractivity contribution in [1.82, 2.24) is 9.97 Å². The van der Waals surface area contributed by atoms with Crippen LogP contribution in [0.25, 0.3) is 44.7 Å². The number of hydrogen-bond acceptors (Lipinski definition) is 4. The van der Waals surface area contributed by atoms with Gasteiger partial charge in [-0.05, 0) is 69.8 Å². The quantitative estimate of drug-likeness (QED) is 0.195. The number of ether oxygens (including phenoxy) is 2. The van der Waals surface area contributed by atoms with E-state index in [4.69, 9.17) is 19.4 Å². The fourth-order valence-corrected chi connectivity index (χ4v) is 7.68. The second-order valence-electron chi connectivity index (χ2n) is 12.5. The van der Waals surface area contributed by atoms with E-state index in [1.54, 1.807) is 0 Å². The van der Waals surface area contributed by atoms with E-state index in [1.165, 1.54) is 27.8 Å². The summed E-state index contributed by atoms with van der Waals surface area (Å²) in [6.07, 6.45) is 0. The van der Waals surface area contributed by atoms with Gasteiger partial charge < -0.3 is 9.47 Å². The van der Waals surface area contributed by atoms with Crippen molar-refractivity contribution in [3.05, 3.63) is 192 Å². The van der Waals surface area contributed by atoms with Crippen LogP contribution in [0.3, 0.4) is 0 Å². The molecule has 8 aromatic rings. The lowest BCUT2D eigenvalue weighted by Crippen LogP contribution is -2.28. The Hall–Kier alpha value is -6.52. The SMILES string of the molecule is c1ccc(-c2nc(-c3ccc4c(c3)Oc3cc5c(cc3O4)-c3ccccc3C5(c3ccccc3)c3ccccc3)nc3ccccc23)cc1. The molecule has 0 radical (unpaired) electrons. The van der Waals surface area contributed by atoms with Crippen molar-refractivity contribution in [3.8, 4) is 56.8 Å². The summed E-state index contributed by atoms with van der Waals surface area (Å²) in [6.45, 7) is 0. The van der Waals surface area contributed by atoms with Crippen molar-refractivity contribution in [2.45, 2.75) is 5.41 Å². The first-order chi connectivity index (χ1) is 24.3. The van der Waals surface area contributed by atoms with Crippen molar-refractivity contribution in [1.29, 1.82) is 0 Å². The molecule has 0 atom stereocenters. The van der Waals surface area contributed by atoms with E-state index in [9.17, 15) is 0 Å². The average molecular weight is 629 g/mol. The Morgan fingerprint density at radius 1 is 0.408 bits per heavy atom. The van der Waals surface area contributed by atoms with Crippen LogP contribution in [0.4, 0.5) is 0 Å². The average Bonchev–Trinajstić information content (AvgIpc) is 3.46. The van der Waals surface area contributed by atoms with Gasteiger partial charge in [-0.2, -0.15) is 0 Å². The molecule has 0 saturated carbocycles. The Morgan fingerprint density at radius 2 is 1.02 bits per heavy atom. The number of fused-ring (bicyclic) bond motifs is 6. The molecule has 4 nitrogen and oxygen atoms in total. The second-order valence-corrected chi connectivity index (χ2v) is 12.5. The topological polar surface area (TPSA) is 44.2 Å². The van der Waals surface area contributed by atoms with Gasteiger partial charge in [0.25, 0.3) is 0 Å². The third-order valence-electron chi connectivity index (χ3n) is 9.81. The molecule has 0 unspecified atom stereocenters. The van der Waals surface area contributed by atoms with Crippen LogP contribution in [0, 0.1) is 0 Å². The highest BCUT2D eigenvalue weighted by Crippen LogP contribution is 2.59. The Morgan fingerprint density at radius 3 is 1.80 bits per heavy atom. The smallest absolute Gasteiger partial charge is 0.170 e. The third-order valence-corrected chi connectivity index (χ3v) is 9.81. The number of rotatable bonds is 4. The molecule has 0 fully saturated rings. The van der Waals surface area contributed by atoms with Crippen LogP contribution in [0.2, 0.25) is 0 Å². The fourth-order valence-electron chi connectivity index (χ4n) is 7.68. The van der Waals surface area contributed by atoms with Crippen molar-refractivity contribution in [3.63, 3.8) is 0 Å². The molecule has 0 amide bonds. The van der Waals surface area contributed by atoms with E-state index in [0.29, 0.717) is 28.8 Å². The van der Waals surface area contributed by atoms with Gasteiger partial charge >= 0.3 is 0 Å². The highest BCUT2D eigenvalue weighted by molar-refractivity contribution is 5.94. The molecule has 4 heteroatoms. The normalized spacial score (nSPS) is 13.4. The van der Waals surface area contributed by atoms with Crippen LogP contribution in [0.5, 0.6) is 23.0 Å². The highest BCUT2D eigenvalue weighted by atomic mass is 16.6. The number of benzene rings is 7. The minimum Gasteiger partial charge on any atom is -0.449 e. The van der Waals surface area contributed by atoms with Gasteiger partial charge in [-0.25, -0.2) is 9.97 Å². The monoisotopic (exact) mass is 628 g/mol. The molecular formula is C45H28N2O2. The second kappa shape index (κ2) is 10.8. The number of aromatic nitrogens is 2. The van der Waals surface area contributed by atoms with Gasteiger partial charge in [-0.1, -0.05) is 133 Å². The molecule has 0 N–H and O–H groups in total. The van der Waals surface area contributed by atoms with Crippen molar-refractivity contribution >= 4 is 10.9 Å². The van der Waals surface area contributed by atoms with E-state index < -0.39 is 5.41 Å². The van der Waals surface area contributed by atoms with Crippen LogP contribution >= 0.6 is 0 Å². The predicted molar refractivity (Wildman–Crippen MR) is 194 cm³/mol. The molecule has 0 bridgehead atoms. The first-order valence-electron chi connectivity index (χ1n) is 16.5. The van der Waals surface area contributed by atoms with Crippen molar-refractivity contribution < 1.29 is 9.47 Å². The molecule has 1 aliphatic carbocycles. The molecule has 7 aromatic carbocycles. The molecule has 1 aliphatic heterocycles. The lowest BCUT2D eigenvalue weighted by Gasteiger charge is -2.34. The lowest BCUT2D eigenvalue weighted by atomic mass is 9.67. The van der Waals surface area contributed by atoms with Gasteiger partial charge in [-0.15, -0.1) is 0 Å². The summed E-state index contributed by atoms with van der Waals surface area (Å²) in [6, 6.07) is 58.9. The van der Waals surface area contributed by atoms with Crippen molar-refractivity contribution in [2.24, 2.45) is 0 Å². The number of hydrogen-bond donors (Lipinski definition) is 0. The Bertz CT molecular complexity index is 2510. The van der Waals surface area contributed by atoms with Gasteiger partial charge in [0.05, 0.1) is 16.6 Å². The van der Waals surface area contributed by atoms with Gasteiger partial charge in [0.1, 0.15) is 0 Å². The van der Waals surface area contributed by atoms with Gasteiger partial charge in [0.2, 0.25) is 0 Å². The highest BCUT2D eigenvalue weighted by Gasteiger charge is 2.47. The predicted octanol–water partition coefficient (Wildman–Crippen LogP) is 11.2. The van der Waals surface area contributed by atoms with Gasteiger partial charge in [0, 0.05) is 16.5 Å². The van der Waals surface area contributed by atoms with E-state index in [0.717, 1.165) is 33.3 Å². The summed E-state index contributed by atoms with van der Waals surface area (Å²) in [5, 5.41) is 1.01. The van der Waals surface area contributed by atoms with Crippen LogP contribution in [0.15, 0.2) is 170 Å². The number of para-hydroxylation sites is 1. The largest absolute Gasteiger partial charge is 0.449 e. The molecule has 10 rings (SSSR count). The Balaban J connectivity index is 1.12. The Kier molecular flexibility index (Phi) is 6.06. The standard InChI is InChI=1S/C45H28N2O2/c1-4-14-29(15-5-1)43-34-21-11-13-23-38(34)46-44(47-43)30-24-25-39-40(26-30)49-42-28-37-35(27-41(42)48-39)33-20-10-12-22-36(33)45(37,31-16-6-2-7-17-31)32-18-8-3-9-19-32/h1-28H. The summed E-state index contributed by atoms with van der Waals surface area (Å²) in [4.78, 5) is 10.1. The van der Waals surface area contributed by atoms with Gasteiger partial charge in [0.15, 0.2) is 28.8 Å². The molecule has 0 spiro atoms. The summed E-state index contributed by atoms with van der Waals surface area (Å²) >= 11 is 0. The zero-order chi connectivity index (χ0) is 32.4. The minimum atomic E-state index is -0.526. The third kappa shape index (κ3) is 4.17. The zero-order valence-electron chi connectivity index (χ0n) is 26.4. The molecule has 230 valence electrons. The van der Waals surface area contributed by atoms with Crippen LogP contribution in [-0.4, -0.2) is 9.97 Å². The summed E-state index contributed by atoms with van der Waals surface area (Å²) < 4.78 is 13.3. The minimum absolute atomic E-state index is 0.526. The van der Waals surface area contributed by atoms with E-state index >= 15 is 0 Å². The maximum Gasteiger partial charge on any atom is 0.170 e. The van der Waals surface area contributed by atoms with E-state index in [-0.39, 0.29) is 0 Å². The van der Waals surface area contributed by atoms with E-state index in [1.807, 2.05) is 54.6 Å². The van der Waals surface area contributed by atoms with Crippen LogP contribution in [0.1, 0.15) is 22.3 Å². The Labute approximate surface area is 283 Å². The maximum atomic E-state index is 6.75. The maximum absolute atomic E-state index is 6.75. The molecule has 1 aromatic heterocycles. The molecule has 0 saturated heterocycles. The molecule has 49 heavy (non-hydrogen) atoms. The molecule has 2 aliphatic rings. The summed E-state index contributed by atoms with van der Waals surface area (Å²) in [7, 11) is 0. The van der Waals surface area contributed by atoms with E-state index in [2.05, 4.69) is 115 Å². The number of nitrogens with zero attached hydrogens (tertiary/aromatic N) is 2. The van der Waals surface area contributed by atoms with Crippen LogP contribution in [-0.2, 0) is 5.41 Å². The molecular weight excluding hydrogens is 601 g/mol. The molecule has 2 heterocycles.